The van der Waals surface area contributed by atoms with Gasteiger partial charge in [-0.05, 0) is 13.8 Å². The molecule has 3 heterocycles. The number of likely N-dealkylation sites (tertiary alicyclic amines) is 1. The molecule has 9 nitrogen and oxygen atoms in total. The van der Waals surface area contributed by atoms with Crippen LogP contribution in [0, 0.1) is 11.6 Å². The van der Waals surface area contributed by atoms with E-state index in [1.165, 1.54) is 10.7 Å². The summed E-state index contributed by atoms with van der Waals surface area (Å²) in [5.74, 6) is -1.14. The Morgan fingerprint density at radius 3 is 2.52 bits per heavy atom. The number of halogens is 2. The quantitative estimate of drug-likeness (QED) is 0.697. The summed E-state index contributed by atoms with van der Waals surface area (Å²) in [4.78, 5) is 21.2. The molecule has 0 saturated carbocycles. The zero-order chi connectivity index (χ0) is 23.7. The van der Waals surface area contributed by atoms with Crippen LogP contribution in [0.3, 0.4) is 0 Å². The van der Waals surface area contributed by atoms with Crippen LogP contribution in [0.1, 0.15) is 39.5 Å². The van der Waals surface area contributed by atoms with E-state index in [1.807, 2.05) is 13.8 Å². The van der Waals surface area contributed by atoms with Crippen molar-refractivity contribution in [2.45, 2.75) is 51.7 Å². The van der Waals surface area contributed by atoms with E-state index >= 15 is 4.39 Å². The van der Waals surface area contributed by atoms with Gasteiger partial charge >= 0.3 is 6.09 Å². The van der Waals surface area contributed by atoms with Crippen molar-refractivity contribution in [3.05, 3.63) is 17.7 Å². The van der Waals surface area contributed by atoms with Gasteiger partial charge in [-0.1, -0.05) is 5.16 Å². The Balaban J connectivity index is 1.32. The molecule has 2 aliphatic heterocycles. The summed E-state index contributed by atoms with van der Waals surface area (Å²) in [6, 6.07) is 1.19. The van der Waals surface area contributed by atoms with Crippen LogP contribution in [0.25, 0.3) is 10.9 Å². The molecular formula is C22H30F2N6O3. The minimum Gasteiger partial charge on any atom is -0.447 e. The van der Waals surface area contributed by atoms with Gasteiger partial charge in [0.1, 0.15) is 17.4 Å². The summed E-state index contributed by atoms with van der Waals surface area (Å²) >= 11 is 0. The molecule has 2 saturated heterocycles. The summed E-state index contributed by atoms with van der Waals surface area (Å²) in [6.07, 6.45) is 2.07. The van der Waals surface area contributed by atoms with Gasteiger partial charge in [-0.2, -0.15) is 5.10 Å². The molecule has 0 atom stereocenters. The molecule has 2 aromatic rings. The lowest BCUT2D eigenvalue weighted by Gasteiger charge is -2.32. The van der Waals surface area contributed by atoms with Crippen molar-refractivity contribution in [2.75, 3.05) is 36.8 Å². The van der Waals surface area contributed by atoms with E-state index in [1.54, 1.807) is 16.8 Å². The Kier molecular flexibility index (Phi) is 6.57. The number of nitrogen functional groups attached to an aromatic ring is 1. The molecule has 11 heteroatoms. The van der Waals surface area contributed by atoms with E-state index in [9.17, 15) is 9.18 Å². The van der Waals surface area contributed by atoms with Crippen molar-refractivity contribution < 1.29 is 23.1 Å². The number of carbonyl (C=O) groups excluding carboxylic acids is 1. The molecule has 0 aliphatic carbocycles. The average molecular weight is 465 g/mol. The van der Waals surface area contributed by atoms with Gasteiger partial charge in [0.15, 0.2) is 11.6 Å². The molecule has 4 rings (SSSR count). The number of piperidine rings is 2. The summed E-state index contributed by atoms with van der Waals surface area (Å²) < 4.78 is 36.2. The molecule has 1 aromatic heterocycles. The van der Waals surface area contributed by atoms with Crippen LogP contribution in [0.2, 0.25) is 0 Å². The van der Waals surface area contributed by atoms with Crippen molar-refractivity contribution in [1.82, 2.24) is 14.7 Å². The summed E-state index contributed by atoms with van der Waals surface area (Å²) in [7, 11) is 1.54. The fraction of sp³-hybridized carbons (Fsp3) is 0.591. The highest BCUT2D eigenvalue weighted by Gasteiger charge is 2.27. The number of rotatable bonds is 4. The van der Waals surface area contributed by atoms with E-state index in [0.29, 0.717) is 51.9 Å². The van der Waals surface area contributed by atoms with E-state index in [4.69, 9.17) is 15.3 Å². The zero-order valence-electron chi connectivity index (χ0n) is 19.2. The molecule has 1 amide bonds. The van der Waals surface area contributed by atoms with Gasteiger partial charge < -0.3 is 25.1 Å². The van der Waals surface area contributed by atoms with Gasteiger partial charge in [-0.15, -0.1) is 0 Å². The fourth-order valence-corrected chi connectivity index (χ4v) is 4.31. The van der Waals surface area contributed by atoms with Crippen molar-refractivity contribution in [3.63, 3.8) is 0 Å². The summed E-state index contributed by atoms with van der Waals surface area (Å²) in [5, 5.41) is 8.26. The SMILES string of the molecule is CC(C)OC(=O)N1CCC(ON=C2CCN(c3cc(F)c4c(N)nn(C)c4c3F)CC2)CC1. The number of anilines is 2. The second-order valence-corrected chi connectivity index (χ2v) is 8.79. The van der Waals surface area contributed by atoms with Crippen LogP contribution < -0.4 is 10.6 Å². The molecule has 33 heavy (non-hydrogen) atoms. The Morgan fingerprint density at radius 1 is 1.21 bits per heavy atom. The minimum absolute atomic E-state index is 0.00919. The Morgan fingerprint density at radius 2 is 1.88 bits per heavy atom. The largest absolute Gasteiger partial charge is 0.447 e. The predicted molar refractivity (Wildman–Crippen MR) is 121 cm³/mol. The van der Waals surface area contributed by atoms with E-state index < -0.39 is 11.6 Å². The third kappa shape index (κ3) is 4.81. The molecule has 0 spiro atoms. The van der Waals surface area contributed by atoms with Crippen molar-refractivity contribution in [3.8, 4) is 0 Å². The second-order valence-electron chi connectivity index (χ2n) is 8.79. The fourth-order valence-electron chi connectivity index (χ4n) is 4.31. The van der Waals surface area contributed by atoms with E-state index in [-0.39, 0.29) is 40.7 Å². The van der Waals surface area contributed by atoms with Gasteiger partial charge in [0.25, 0.3) is 0 Å². The Hall–Kier alpha value is -3.11. The van der Waals surface area contributed by atoms with Crippen molar-refractivity contribution in [1.29, 1.82) is 0 Å². The third-order valence-corrected chi connectivity index (χ3v) is 6.06. The number of hydrogen-bond acceptors (Lipinski definition) is 7. The van der Waals surface area contributed by atoms with Crippen LogP contribution in [-0.2, 0) is 16.6 Å². The van der Waals surface area contributed by atoms with Gasteiger partial charge in [0, 0.05) is 65.0 Å². The molecular weight excluding hydrogens is 434 g/mol. The number of benzene rings is 1. The number of hydrogen-bond donors (Lipinski definition) is 1. The normalized spacial score (nSPS) is 17.7. The number of carbonyl (C=O) groups is 1. The highest BCUT2D eigenvalue weighted by Crippen LogP contribution is 2.33. The first-order valence-corrected chi connectivity index (χ1v) is 11.3. The molecule has 0 radical (unpaired) electrons. The predicted octanol–water partition coefficient (Wildman–Crippen LogP) is 3.42. The lowest BCUT2D eigenvalue weighted by molar-refractivity contribution is 0.00415. The summed E-state index contributed by atoms with van der Waals surface area (Å²) in [6.45, 7) is 5.79. The van der Waals surface area contributed by atoms with Crippen LogP contribution in [-0.4, -0.2) is 64.9 Å². The number of aromatic nitrogens is 2. The maximum Gasteiger partial charge on any atom is 0.410 e. The number of nitrogens with zero attached hydrogens (tertiary/aromatic N) is 5. The standard InChI is InChI=1S/C22H30F2N6O3/c1-13(2)32-22(31)30-10-6-15(7-11-30)33-27-14-4-8-29(9-5-14)17-12-16(23)18-20(19(17)24)28(3)26-21(18)25/h12-13,15H,4-11H2,1-3H3,(H2,25,26). The monoisotopic (exact) mass is 464 g/mol. The Labute approximate surface area is 191 Å². The molecule has 1 aromatic carbocycles. The molecule has 2 aliphatic rings. The molecule has 180 valence electrons. The van der Waals surface area contributed by atoms with Gasteiger partial charge in [-0.3, -0.25) is 4.68 Å². The van der Waals surface area contributed by atoms with Gasteiger partial charge in [0.2, 0.25) is 0 Å². The number of oxime groups is 1. The Bertz CT molecular complexity index is 1050. The number of ether oxygens (including phenoxy) is 1. The van der Waals surface area contributed by atoms with E-state index in [0.717, 1.165) is 5.71 Å². The topological polar surface area (TPSA) is 98.2 Å². The van der Waals surface area contributed by atoms with Crippen LogP contribution in [0.4, 0.5) is 25.1 Å². The molecule has 0 bridgehead atoms. The molecule has 2 N–H and O–H groups in total. The first-order chi connectivity index (χ1) is 15.7. The van der Waals surface area contributed by atoms with Crippen LogP contribution >= 0.6 is 0 Å². The minimum atomic E-state index is -0.585. The second kappa shape index (κ2) is 9.40. The maximum absolute atomic E-state index is 15.1. The molecule has 0 unspecified atom stereocenters. The number of amides is 1. The smallest absolute Gasteiger partial charge is 0.410 e. The number of fused-ring (bicyclic) bond motifs is 1. The highest BCUT2D eigenvalue weighted by molar-refractivity contribution is 5.93. The zero-order valence-corrected chi connectivity index (χ0v) is 19.2. The first kappa shape index (κ1) is 23.1. The first-order valence-electron chi connectivity index (χ1n) is 11.3. The van der Waals surface area contributed by atoms with Gasteiger partial charge in [-0.25, -0.2) is 13.6 Å². The highest BCUT2D eigenvalue weighted by atomic mass is 19.1. The lowest BCUT2D eigenvalue weighted by atomic mass is 10.1. The molecule has 2 fully saturated rings. The maximum atomic E-state index is 15.1. The average Bonchev–Trinajstić information content (AvgIpc) is 3.09. The summed E-state index contributed by atoms with van der Waals surface area (Å²) in [5.41, 5.74) is 6.87. The lowest BCUT2D eigenvalue weighted by Crippen LogP contribution is -2.41. The third-order valence-electron chi connectivity index (χ3n) is 6.06. The van der Waals surface area contributed by atoms with Crippen LogP contribution in [0.15, 0.2) is 11.2 Å². The van der Waals surface area contributed by atoms with Crippen LogP contribution in [0.5, 0.6) is 0 Å². The van der Waals surface area contributed by atoms with Crippen molar-refractivity contribution in [2.24, 2.45) is 12.2 Å². The van der Waals surface area contributed by atoms with Crippen molar-refractivity contribution >= 4 is 34.2 Å². The van der Waals surface area contributed by atoms with E-state index in [2.05, 4.69) is 10.3 Å². The number of nitrogens with two attached hydrogens (primary N) is 1. The number of aryl methyl sites for hydroxylation is 1. The van der Waals surface area contributed by atoms with Gasteiger partial charge in [0.05, 0.1) is 22.9 Å².